The molecule has 0 bridgehead atoms. The van der Waals surface area contributed by atoms with Crippen molar-refractivity contribution in [3.05, 3.63) is 28.8 Å². The van der Waals surface area contributed by atoms with Crippen LogP contribution in [0.3, 0.4) is 0 Å². The van der Waals surface area contributed by atoms with Crippen LogP contribution in [0.15, 0.2) is 23.2 Å². The number of hydrogen-bond donors (Lipinski definition) is 3. The zero-order valence-electron chi connectivity index (χ0n) is 17.5. The molecule has 1 heterocycles. The quantitative estimate of drug-likeness (QED) is 0.449. The Morgan fingerprint density at radius 1 is 1.38 bits per heavy atom. The lowest BCUT2D eigenvalue weighted by molar-refractivity contribution is 0.527. The smallest absolute Gasteiger partial charge is 0.301 e. The molecule has 0 fully saturated rings. The van der Waals surface area contributed by atoms with Crippen molar-refractivity contribution in [2.75, 3.05) is 31.2 Å². The molecule has 0 amide bonds. The monoisotopic (exact) mass is 438 g/mol. The molecule has 3 N–H and O–H groups in total. The molecule has 1 unspecified atom stereocenters. The Kier molecular flexibility index (Phi) is 7.20. The minimum atomic E-state index is -3.68. The number of pyridine rings is 1. The summed E-state index contributed by atoms with van der Waals surface area (Å²) in [6.45, 7) is 5.83. The average molecular weight is 439 g/mol. The van der Waals surface area contributed by atoms with Crippen molar-refractivity contribution in [3.8, 4) is 0 Å². The van der Waals surface area contributed by atoms with Crippen molar-refractivity contribution in [2.24, 2.45) is 10.9 Å². The number of hydrogen-bond acceptors (Lipinski definition) is 5. The molecule has 0 saturated carbocycles. The number of halogens is 1. The van der Waals surface area contributed by atoms with E-state index >= 15 is 0 Å². The van der Waals surface area contributed by atoms with E-state index in [1.807, 2.05) is 26.8 Å². The van der Waals surface area contributed by atoms with Gasteiger partial charge in [-0.1, -0.05) is 25.4 Å². The Labute approximate surface area is 177 Å². The van der Waals surface area contributed by atoms with Gasteiger partial charge in [-0.3, -0.25) is 9.71 Å². The third-order valence-corrected chi connectivity index (χ3v) is 6.41. The molecule has 0 aliphatic rings. The van der Waals surface area contributed by atoms with E-state index < -0.39 is 10.2 Å². The molecule has 10 heteroatoms. The number of anilines is 2. The fourth-order valence-corrected chi connectivity index (χ4v) is 3.41. The van der Waals surface area contributed by atoms with Crippen molar-refractivity contribution in [1.82, 2.24) is 9.29 Å². The summed E-state index contributed by atoms with van der Waals surface area (Å²) in [5.41, 5.74) is 2.00. The standard InChI is InChI=1S/C19H27ClN6O2S/c1-7-11(2)16(21)19(22-4)24-18-12(3)10-13-15(25-29(27,28)26(5)6)9-8-14(20)17(13)23-18/h8-11,21,25H,7H2,1-6H3,(H,22,23,24). The molecule has 0 radical (unpaired) electrons. The fourth-order valence-electron chi connectivity index (χ4n) is 2.57. The van der Waals surface area contributed by atoms with Crippen LogP contribution >= 0.6 is 11.6 Å². The van der Waals surface area contributed by atoms with Gasteiger partial charge in [0.05, 0.1) is 21.9 Å². The maximum Gasteiger partial charge on any atom is 0.301 e. The molecule has 1 atom stereocenters. The lowest BCUT2D eigenvalue weighted by Crippen LogP contribution is -2.29. The van der Waals surface area contributed by atoms with Gasteiger partial charge in [-0.05, 0) is 37.1 Å². The molecule has 2 aromatic rings. The van der Waals surface area contributed by atoms with Gasteiger partial charge in [-0.2, -0.15) is 12.7 Å². The van der Waals surface area contributed by atoms with Gasteiger partial charge < -0.3 is 10.7 Å². The topological polar surface area (TPSA) is 111 Å². The molecule has 0 aliphatic heterocycles. The first kappa shape index (κ1) is 23.1. The number of benzene rings is 1. The molecule has 2 rings (SSSR count). The van der Waals surface area contributed by atoms with Crippen LogP contribution in [0.2, 0.25) is 5.02 Å². The van der Waals surface area contributed by atoms with Crippen LogP contribution in [0, 0.1) is 18.3 Å². The number of rotatable bonds is 7. The molecule has 1 aromatic carbocycles. The number of nitrogens with zero attached hydrogens (tertiary/aromatic N) is 3. The summed E-state index contributed by atoms with van der Waals surface area (Å²) in [6.07, 6.45) is 0.824. The average Bonchev–Trinajstić information content (AvgIpc) is 2.67. The van der Waals surface area contributed by atoms with Crippen molar-refractivity contribution in [2.45, 2.75) is 27.2 Å². The van der Waals surface area contributed by atoms with Crippen molar-refractivity contribution < 1.29 is 8.42 Å². The summed E-state index contributed by atoms with van der Waals surface area (Å²) in [4.78, 5) is 8.79. The molecule has 158 valence electrons. The number of aromatic nitrogens is 1. The molecule has 8 nitrogen and oxygen atoms in total. The zero-order chi connectivity index (χ0) is 21.9. The van der Waals surface area contributed by atoms with E-state index in [-0.39, 0.29) is 5.92 Å². The molecule has 1 aromatic heterocycles. The molecular formula is C19H27ClN6O2S. The second kappa shape index (κ2) is 9.06. The van der Waals surface area contributed by atoms with Crippen LogP contribution in [0.4, 0.5) is 11.5 Å². The van der Waals surface area contributed by atoms with Crippen molar-refractivity contribution in [1.29, 1.82) is 5.41 Å². The molecule has 0 aliphatic carbocycles. The van der Waals surface area contributed by atoms with Crippen LogP contribution in [-0.4, -0.2) is 50.4 Å². The Bertz CT molecular complexity index is 1070. The van der Waals surface area contributed by atoms with Crippen LogP contribution < -0.4 is 10.0 Å². The highest BCUT2D eigenvalue weighted by molar-refractivity contribution is 7.90. The van der Waals surface area contributed by atoms with E-state index in [2.05, 4.69) is 20.0 Å². The largest absolute Gasteiger partial charge is 0.323 e. The number of amidine groups is 1. The normalized spacial score (nSPS) is 13.6. The Morgan fingerprint density at radius 3 is 2.59 bits per heavy atom. The number of nitrogens with one attached hydrogen (secondary N) is 3. The molecule has 0 saturated heterocycles. The molecule has 29 heavy (non-hydrogen) atoms. The summed E-state index contributed by atoms with van der Waals surface area (Å²) in [6, 6.07) is 5.02. The number of aryl methyl sites for hydroxylation is 1. The van der Waals surface area contributed by atoms with E-state index in [1.165, 1.54) is 14.1 Å². The lowest BCUT2D eigenvalue weighted by atomic mass is 10.0. The van der Waals surface area contributed by atoms with Crippen molar-refractivity contribution >= 4 is 55.8 Å². The first-order valence-corrected chi connectivity index (χ1v) is 11.0. The Hall–Kier alpha value is -2.23. The predicted octanol–water partition coefficient (Wildman–Crippen LogP) is 3.92. The van der Waals surface area contributed by atoms with Crippen molar-refractivity contribution in [3.63, 3.8) is 0 Å². The zero-order valence-corrected chi connectivity index (χ0v) is 19.0. The van der Waals surface area contributed by atoms with Gasteiger partial charge in [0, 0.05) is 32.4 Å². The van der Waals surface area contributed by atoms with E-state index in [0.717, 1.165) is 16.3 Å². The van der Waals surface area contributed by atoms with Gasteiger partial charge >= 0.3 is 10.2 Å². The van der Waals surface area contributed by atoms with Gasteiger partial charge in [-0.15, -0.1) is 0 Å². The maximum absolute atomic E-state index is 12.2. The lowest BCUT2D eigenvalue weighted by Gasteiger charge is -2.18. The predicted molar refractivity (Wildman–Crippen MR) is 122 cm³/mol. The second-order valence-corrected chi connectivity index (χ2v) is 9.25. The SMILES string of the molecule is CCC(C)C(=N)C(=NC)Nc1nc2c(Cl)ccc(NS(=O)(=O)N(C)C)c2cc1C. The third kappa shape index (κ3) is 5.04. The van der Waals surface area contributed by atoms with Crippen LogP contribution in [0.5, 0.6) is 0 Å². The van der Waals surface area contributed by atoms with Crippen LogP contribution in [-0.2, 0) is 10.2 Å². The second-order valence-electron chi connectivity index (χ2n) is 6.95. The van der Waals surface area contributed by atoms with E-state index in [1.54, 1.807) is 19.2 Å². The Morgan fingerprint density at radius 2 is 2.03 bits per heavy atom. The first-order valence-electron chi connectivity index (χ1n) is 9.14. The minimum Gasteiger partial charge on any atom is -0.323 e. The highest BCUT2D eigenvalue weighted by Gasteiger charge is 2.19. The summed E-state index contributed by atoms with van der Waals surface area (Å²) >= 11 is 6.34. The van der Waals surface area contributed by atoms with Gasteiger partial charge in [0.2, 0.25) is 0 Å². The molecule has 0 spiro atoms. The van der Waals surface area contributed by atoms with E-state index in [9.17, 15) is 8.42 Å². The van der Waals surface area contributed by atoms with Gasteiger partial charge in [0.1, 0.15) is 11.7 Å². The van der Waals surface area contributed by atoms with Gasteiger partial charge in [0.15, 0.2) is 0 Å². The summed E-state index contributed by atoms with van der Waals surface area (Å²) in [5, 5.41) is 12.4. The fraction of sp³-hybridized carbons (Fsp3) is 0.421. The van der Waals surface area contributed by atoms with Gasteiger partial charge in [0.25, 0.3) is 0 Å². The van der Waals surface area contributed by atoms with Crippen LogP contribution in [0.25, 0.3) is 10.9 Å². The van der Waals surface area contributed by atoms with Gasteiger partial charge in [-0.25, -0.2) is 4.98 Å². The summed E-state index contributed by atoms with van der Waals surface area (Å²) < 4.78 is 28.1. The summed E-state index contributed by atoms with van der Waals surface area (Å²) in [7, 11) is 0.843. The minimum absolute atomic E-state index is 0.0533. The number of fused-ring (bicyclic) bond motifs is 1. The van der Waals surface area contributed by atoms with E-state index in [4.69, 9.17) is 17.0 Å². The third-order valence-electron chi connectivity index (χ3n) is 4.67. The molecular weight excluding hydrogens is 412 g/mol. The Balaban J connectivity index is 2.53. The number of aliphatic imine (C=N–C) groups is 1. The summed E-state index contributed by atoms with van der Waals surface area (Å²) in [5.74, 6) is 1.01. The van der Waals surface area contributed by atoms with Crippen LogP contribution in [0.1, 0.15) is 25.8 Å². The maximum atomic E-state index is 12.2. The first-order chi connectivity index (χ1) is 13.5. The highest BCUT2D eigenvalue weighted by Crippen LogP contribution is 2.32. The highest BCUT2D eigenvalue weighted by atomic mass is 35.5. The van der Waals surface area contributed by atoms with E-state index in [0.29, 0.717) is 39.0 Å².